The zero-order valence-electron chi connectivity index (χ0n) is 6.34. The maximum Gasteiger partial charge on any atom is 0.117 e. The predicted molar refractivity (Wildman–Crippen MR) is 44.8 cm³/mol. The molecule has 0 radical (unpaired) electrons. The minimum Gasteiger partial charge on any atom is -0.508 e. The standard InChI is InChI=1S/C9H8FNO/c10-4-6-5-11-9-2-1-7(12)3-8(6)9/h1-3,5,11-12H,4H2. The van der Waals surface area contributed by atoms with Crippen molar-refractivity contribution in [2.75, 3.05) is 0 Å². The fourth-order valence-corrected chi connectivity index (χ4v) is 1.28. The number of phenolic OH excluding ortho intramolecular Hbond substituents is 1. The Morgan fingerprint density at radius 3 is 3.00 bits per heavy atom. The van der Waals surface area contributed by atoms with Gasteiger partial charge < -0.3 is 10.1 Å². The van der Waals surface area contributed by atoms with Crippen LogP contribution < -0.4 is 0 Å². The first-order chi connectivity index (χ1) is 5.81. The fourth-order valence-electron chi connectivity index (χ4n) is 1.28. The van der Waals surface area contributed by atoms with Gasteiger partial charge in [-0.25, -0.2) is 4.39 Å². The van der Waals surface area contributed by atoms with Gasteiger partial charge in [-0.05, 0) is 18.2 Å². The van der Waals surface area contributed by atoms with Crippen molar-refractivity contribution >= 4 is 10.9 Å². The van der Waals surface area contributed by atoms with Crippen molar-refractivity contribution in [3.8, 4) is 5.75 Å². The second-order valence-electron chi connectivity index (χ2n) is 2.68. The Morgan fingerprint density at radius 1 is 1.42 bits per heavy atom. The Morgan fingerprint density at radius 2 is 2.25 bits per heavy atom. The first-order valence-corrected chi connectivity index (χ1v) is 3.66. The molecule has 0 aliphatic rings. The van der Waals surface area contributed by atoms with Gasteiger partial charge in [-0.1, -0.05) is 0 Å². The van der Waals surface area contributed by atoms with Gasteiger partial charge in [-0.15, -0.1) is 0 Å². The molecule has 0 unspecified atom stereocenters. The quantitative estimate of drug-likeness (QED) is 0.668. The number of aromatic hydroxyl groups is 1. The molecule has 0 aliphatic carbocycles. The van der Waals surface area contributed by atoms with Crippen molar-refractivity contribution in [1.82, 2.24) is 4.98 Å². The Bertz CT molecular complexity index is 408. The van der Waals surface area contributed by atoms with Crippen molar-refractivity contribution in [1.29, 1.82) is 0 Å². The van der Waals surface area contributed by atoms with Crippen LogP contribution in [-0.4, -0.2) is 10.1 Å². The average molecular weight is 165 g/mol. The number of hydrogen-bond donors (Lipinski definition) is 2. The molecule has 2 rings (SSSR count). The third kappa shape index (κ3) is 0.942. The van der Waals surface area contributed by atoms with Crippen LogP contribution in [0.1, 0.15) is 5.56 Å². The molecule has 0 saturated heterocycles. The summed E-state index contributed by atoms with van der Waals surface area (Å²) in [6.07, 6.45) is 1.62. The van der Waals surface area contributed by atoms with E-state index in [0.717, 1.165) is 10.9 Å². The van der Waals surface area contributed by atoms with E-state index < -0.39 is 6.67 Å². The average Bonchev–Trinajstić information content (AvgIpc) is 2.46. The van der Waals surface area contributed by atoms with Crippen LogP contribution in [0, 0.1) is 0 Å². The van der Waals surface area contributed by atoms with Crippen LogP contribution in [-0.2, 0) is 6.67 Å². The highest BCUT2D eigenvalue weighted by Crippen LogP contribution is 2.23. The highest BCUT2D eigenvalue weighted by Gasteiger charge is 2.02. The van der Waals surface area contributed by atoms with Gasteiger partial charge >= 0.3 is 0 Å². The molecule has 2 N–H and O–H groups in total. The summed E-state index contributed by atoms with van der Waals surface area (Å²) in [6, 6.07) is 4.85. The number of alkyl halides is 1. The molecule has 0 atom stereocenters. The van der Waals surface area contributed by atoms with Crippen LogP contribution in [0.4, 0.5) is 4.39 Å². The lowest BCUT2D eigenvalue weighted by Gasteiger charge is -1.93. The third-order valence-electron chi connectivity index (χ3n) is 1.89. The number of aromatic nitrogens is 1. The second kappa shape index (κ2) is 2.52. The minimum absolute atomic E-state index is 0.164. The number of H-pyrrole nitrogens is 1. The van der Waals surface area contributed by atoms with Crippen LogP contribution in [0.5, 0.6) is 5.75 Å². The van der Waals surface area contributed by atoms with E-state index in [0.29, 0.717) is 5.56 Å². The number of nitrogens with one attached hydrogen (secondary N) is 1. The van der Waals surface area contributed by atoms with Crippen LogP contribution in [0.3, 0.4) is 0 Å². The van der Waals surface area contributed by atoms with Gasteiger partial charge in [-0.2, -0.15) is 0 Å². The fraction of sp³-hybridized carbons (Fsp3) is 0.111. The van der Waals surface area contributed by atoms with Crippen LogP contribution in [0.15, 0.2) is 24.4 Å². The highest BCUT2D eigenvalue weighted by atomic mass is 19.1. The molecular weight excluding hydrogens is 157 g/mol. The number of aromatic amines is 1. The van der Waals surface area contributed by atoms with Crippen molar-refractivity contribution in [2.24, 2.45) is 0 Å². The largest absolute Gasteiger partial charge is 0.508 e. The lowest BCUT2D eigenvalue weighted by atomic mass is 10.2. The van der Waals surface area contributed by atoms with Crippen molar-refractivity contribution in [2.45, 2.75) is 6.67 Å². The number of phenols is 1. The van der Waals surface area contributed by atoms with E-state index in [1.54, 1.807) is 24.4 Å². The molecule has 2 nitrogen and oxygen atoms in total. The molecule has 1 heterocycles. The van der Waals surface area contributed by atoms with Gasteiger partial charge in [-0.3, -0.25) is 0 Å². The maximum absolute atomic E-state index is 12.3. The van der Waals surface area contributed by atoms with Crippen LogP contribution in [0.2, 0.25) is 0 Å². The van der Waals surface area contributed by atoms with E-state index >= 15 is 0 Å². The number of fused-ring (bicyclic) bond motifs is 1. The number of rotatable bonds is 1. The lowest BCUT2D eigenvalue weighted by molar-refractivity contribution is 0.475. The van der Waals surface area contributed by atoms with Crippen molar-refractivity contribution < 1.29 is 9.50 Å². The normalized spacial score (nSPS) is 10.8. The maximum atomic E-state index is 12.3. The van der Waals surface area contributed by atoms with E-state index in [9.17, 15) is 4.39 Å². The van der Waals surface area contributed by atoms with Gasteiger partial charge in [0, 0.05) is 22.7 Å². The first-order valence-electron chi connectivity index (χ1n) is 3.66. The Balaban J connectivity index is 2.75. The smallest absolute Gasteiger partial charge is 0.117 e. The topological polar surface area (TPSA) is 36.0 Å². The zero-order chi connectivity index (χ0) is 8.55. The molecule has 0 amide bonds. The van der Waals surface area contributed by atoms with Crippen molar-refractivity contribution in [3.63, 3.8) is 0 Å². The SMILES string of the molecule is Oc1ccc2[nH]cc(CF)c2c1. The molecule has 1 aromatic heterocycles. The summed E-state index contributed by atoms with van der Waals surface area (Å²) < 4.78 is 12.3. The molecule has 0 spiro atoms. The van der Waals surface area contributed by atoms with Gasteiger partial charge in [0.15, 0.2) is 0 Å². The summed E-state index contributed by atoms with van der Waals surface area (Å²) in [5.41, 5.74) is 1.43. The molecule has 0 aliphatic heterocycles. The van der Waals surface area contributed by atoms with Gasteiger partial charge in [0.1, 0.15) is 12.4 Å². The molecule has 0 fully saturated rings. The van der Waals surface area contributed by atoms with E-state index in [1.807, 2.05) is 0 Å². The summed E-state index contributed by atoms with van der Waals surface area (Å²) in [5.74, 6) is 0.164. The molecule has 2 aromatic rings. The number of halogens is 1. The third-order valence-corrected chi connectivity index (χ3v) is 1.89. The highest BCUT2D eigenvalue weighted by molar-refractivity contribution is 5.84. The zero-order valence-corrected chi connectivity index (χ0v) is 6.34. The molecule has 12 heavy (non-hydrogen) atoms. The van der Waals surface area contributed by atoms with Gasteiger partial charge in [0.2, 0.25) is 0 Å². The predicted octanol–water partition coefficient (Wildman–Crippen LogP) is 2.34. The number of benzene rings is 1. The summed E-state index contributed by atoms with van der Waals surface area (Å²) in [7, 11) is 0. The Kier molecular flexibility index (Phi) is 1.50. The Hall–Kier alpha value is -1.51. The summed E-state index contributed by atoms with van der Waals surface area (Å²) in [5, 5.41) is 9.88. The first kappa shape index (κ1) is 7.16. The van der Waals surface area contributed by atoms with E-state index in [4.69, 9.17) is 5.11 Å². The molecule has 3 heteroatoms. The van der Waals surface area contributed by atoms with Crippen LogP contribution in [0.25, 0.3) is 10.9 Å². The van der Waals surface area contributed by atoms with E-state index in [-0.39, 0.29) is 5.75 Å². The molecule has 62 valence electrons. The van der Waals surface area contributed by atoms with E-state index in [1.165, 1.54) is 0 Å². The van der Waals surface area contributed by atoms with Crippen molar-refractivity contribution in [3.05, 3.63) is 30.0 Å². The minimum atomic E-state index is -0.510. The van der Waals surface area contributed by atoms with Crippen LogP contribution >= 0.6 is 0 Å². The summed E-state index contributed by atoms with van der Waals surface area (Å²) in [4.78, 5) is 2.92. The second-order valence-corrected chi connectivity index (χ2v) is 2.68. The van der Waals surface area contributed by atoms with E-state index in [2.05, 4.69) is 4.98 Å². The molecular formula is C9H8FNO. The van der Waals surface area contributed by atoms with Gasteiger partial charge in [0.25, 0.3) is 0 Å². The molecule has 1 aromatic carbocycles. The lowest BCUT2D eigenvalue weighted by Crippen LogP contribution is -1.73. The summed E-state index contributed by atoms with van der Waals surface area (Å²) in [6.45, 7) is -0.510. The Labute approximate surface area is 68.6 Å². The molecule has 0 bridgehead atoms. The monoisotopic (exact) mass is 165 g/mol. The van der Waals surface area contributed by atoms with Gasteiger partial charge in [0.05, 0.1) is 0 Å². The number of hydrogen-bond acceptors (Lipinski definition) is 1. The summed E-state index contributed by atoms with van der Waals surface area (Å²) >= 11 is 0. The molecule has 0 saturated carbocycles.